The van der Waals surface area contributed by atoms with Gasteiger partial charge in [-0.1, -0.05) is 173 Å². The van der Waals surface area contributed by atoms with Gasteiger partial charge in [-0.3, -0.25) is 0 Å². The molecule has 0 spiro atoms. The maximum atomic E-state index is 2.51. The molecular formula is C52H41N. The van der Waals surface area contributed by atoms with Crippen molar-refractivity contribution in [1.82, 2.24) is 0 Å². The SMILES string of the molecule is CC1(C)c2ccccc2-c2ccc(N(c3ccc4c(c3)C(C)(C)c3ccccc3-4)c3ccccc3-c3cccc4cccc(-c5ccccc5)c34)cc21. The van der Waals surface area contributed by atoms with Crippen molar-refractivity contribution in [1.29, 1.82) is 0 Å². The molecule has 10 rings (SSSR count). The Hall–Kier alpha value is -6.18. The lowest BCUT2D eigenvalue weighted by Gasteiger charge is -2.31. The molecule has 2 aliphatic rings. The molecule has 8 aromatic carbocycles. The number of benzene rings is 8. The van der Waals surface area contributed by atoms with Gasteiger partial charge < -0.3 is 4.90 Å². The standard InChI is InChI=1S/C52H41N/c1-51(2)45-25-11-8-20-39(45)41-30-28-36(32-47(41)51)53(37-29-31-42-40-21-9-12-26-46(40)52(3,4)48(42)33-37)49-27-13-10-22-43(49)44-24-15-19-35-18-14-23-38(50(35)44)34-16-6-5-7-17-34/h5-33H,1-4H3. The third-order valence-corrected chi connectivity index (χ3v) is 12.1. The van der Waals surface area contributed by atoms with Crippen LogP contribution in [0.2, 0.25) is 0 Å². The monoisotopic (exact) mass is 679 g/mol. The number of hydrogen-bond donors (Lipinski definition) is 0. The minimum Gasteiger partial charge on any atom is -0.310 e. The third kappa shape index (κ3) is 4.70. The van der Waals surface area contributed by atoms with Crippen LogP contribution in [-0.2, 0) is 10.8 Å². The number of para-hydroxylation sites is 1. The van der Waals surface area contributed by atoms with E-state index in [0.717, 1.165) is 17.1 Å². The van der Waals surface area contributed by atoms with E-state index < -0.39 is 0 Å². The summed E-state index contributed by atoms with van der Waals surface area (Å²) < 4.78 is 0. The molecule has 0 radical (unpaired) electrons. The Morgan fingerprint density at radius 1 is 0.340 bits per heavy atom. The zero-order valence-electron chi connectivity index (χ0n) is 30.7. The molecule has 0 N–H and O–H groups in total. The molecule has 0 unspecified atom stereocenters. The summed E-state index contributed by atoms with van der Waals surface area (Å²) in [5, 5.41) is 2.50. The van der Waals surface area contributed by atoms with Crippen LogP contribution in [0.1, 0.15) is 49.9 Å². The normalized spacial score (nSPS) is 14.3. The van der Waals surface area contributed by atoms with Gasteiger partial charge in [0.05, 0.1) is 5.69 Å². The van der Waals surface area contributed by atoms with E-state index in [1.54, 1.807) is 0 Å². The summed E-state index contributed by atoms with van der Waals surface area (Å²) in [6.07, 6.45) is 0. The average molecular weight is 680 g/mol. The summed E-state index contributed by atoms with van der Waals surface area (Å²) in [4.78, 5) is 2.51. The van der Waals surface area contributed by atoms with Crippen molar-refractivity contribution >= 4 is 27.8 Å². The first kappa shape index (κ1) is 31.5. The van der Waals surface area contributed by atoms with Crippen molar-refractivity contribution in [2.75, 3.05) is 4.90 Å². The maximum absolute atomic E-state index is 2.51. The van der Waals surface area contributed by atoms with Crippen LogP contribution in [0, 0.1) is 0 Å². The number of rotatable bonds is 5. The van der Waals surface area contributed by atoms with Crippen LogP contribution in [0.25, 0.3) is 55.3 Å². The Kier molecular flexibility index (Phi) is 6.94. The Morgan fingerprint density at radius 2 is 0.792 bits per heavy atom. The minimum atomic E-state index is -0.116. The molecule has 0 amide bonds. The molecular weight excluding hydrogens is 639 g/mol. The van der Waals surface area contributed by atoms with Crippen LogP contribution < -0.4 is 4.90 Å². The molecule has 0 aromatic heterocycles. The number of anilines is 3. The van der Waals surface area contributed by atoms with Gasteiger partial charge in [-0.2, -0.15) is 0 Å². The molecule has 53 heavy (non-hydrogen) atoms. The van der Waals surface area contributed by atoms with Crippen LogP contribution in [0.5, 0.6) is 0 Å². The third-order valence-electron chi connectivity index (χ3n) is 12.1. The topological polar surface area (TPSA) is 3.24 Å². The summed E-state index contributed by atoms with van der Waals surface area (Å²) in [7, 11) is 0. The summed E-state index contributed by atoms with van der Waals surface area (Å²) in [6.45, 7) is 9.48. The van der Waals surface area contributed by atoms with Crippen LogP contribution in [0.3, 0.4) is 0 Å². The zero-order valence-corrected chi connectivity index (χ0v) is 30.7. The predicted octanol–water partition coefficient (Wildman–Crippen LogP) is 14.3. The Balaban J connectivity index is 1.23. The van der Waals surface area contributed by atoms with E-state index in [0.29, 0.717) is 0 Å². The highest BCUT2D eigenvalue weighted by atomic mass is 15.1. The molecule has 0 bridgehead atoms. The van der Waals surface area contributed by atoms with Gasteiger partial charge in [-0.15, -0.1) is 0 Å². The van der Waals surface area contributed by atoms with Gasteiger partial charge in [0.15, 0.2) is 0 Å². The second-order valence-corrected chi connectivity index (χ2v) is 15.7. The Labute approximate surface area is 312 Å². The van der Waals surface area contributed by atoms with Crippen molar-refractivity contribution in [3.63, 3.8) is 0 Å². The lowest BCUT2D eigenvalue weighted by Crippen LogP contribution is -2.18. The zero-order chi connectivity index (χ0) is 35.9. The van der Waals surface area contributed by atoms with Crippen LogP contribution >= 0.6 is 0 Å². The molecule has 0 heterocycles. The fraction of sp³-hybridized carbons (Fsp3) is 0.115. The number of hydrogen-bond acceptors (Lipinski definition) is 1. The summed E-state index contributed by atoms with van der Waals surface area (Å²) in [5.41, 5.74) is 19.0. The van der Waals surface area contributed by atoms with Gasteiger partial charge in [-0.05, 0) is 102 Å². The number of fused-ring (bicyclic) bond motifs is 7. The molecule has 0 saturated carbocycles. The van der Waals surface area contributed by atoms with Gasteiger partial charge in [0.1, 0.15) is 0 Å². The Bertz CT molecular complexity index is 2620. The van der Waals surface area contributed by atoms with Gasteiger partial charge in [0.2, 0.25) is 0 Å². The predicted molar refractivity (Wildman–Crippen MR) is 225 cm³/mol. The largest absolute Gasteiger partial charge is 0.310 e. The molecule has 0 aliphatic heterocycles. The summed E-state index contributed by atoms with van der Waals surface area (Å²) in [5.74, 6) is 0. The lowest BCUT2D eigenvalue weighted by atomic mass is 9.82. The van der Waals surface area contributed by atoms with E-state index in [4.69, 9.17) is 0 Å². The lowest BCUT2D eigenvalue weighted by molar-refractivity contribution is 0.660. The highest BCUT2D eigenvalue weighted by Gasteiger charge is 2.38. The first-order chi connectivity index (χ1) is 25.8. The Morgan fingerprint density at radius 3 is 1.38 bits per heavy atom. The van der Waals surface area contributed by atoms with E-state index in [9.17, 15) is 0 Å². The first-order valence-corrected chi connectivity index (χ1v) is 18.8. The fourth-order valence-corrected chi connectivity index (χ4v) is 9.41. The van der Waals surface area contributed by atoms with Gasteiger partial charge in [0.25, 0.3) is 0 Å². The maximum Gasteiger partial charge on any atom is 0.0540 e. The molecule has 0 fully saturated rings. The smallest absolute Gasteiger partial charge is 0.0540 e. The van der Waals surface area contributed by atoms with Crippen molar-refractivity contribution in [2.45, 2.75) is 38.5 Å². The molecule has 2 aliphatic carbocycles. The fourth-order valence-electron chi connectivity index (χ4n) is 9.41. The van der Waals surface area contributed by atoms with Crippen molar-refractivity contribution in [3.05, 3.63) is 198 Å². The quantitative estimate of drug-likeness (QED) is 0.175. The van der Waals surface area contributed by atoms with Gasteiger partial charge >= 0.3 is 0 Å². The van der Waals surface area contributed by atoms with Crippen LogP contribution in [0.4, 0.5) is 17.1 Å². The summed E-state index contributed by atoms with van der Waals surface area (Å²) in [6, 6.07) is 65.3. The van der Waals surface area contributed by atoms with Crippen molar-refractivity contribution in [2.24, 2.45) is 0 Å². The molecule has 8 aromatic rings. The van der Waals surface area contributed by atoms with Gasteiger partial charge in [-0.25, -0.2) is 0 Å². The van der Waals surface area contributed by atoms with E-state index in [1.807, 2.05) is 0 Å². The number of nitrogens with zero attached hydrogens (tertiary/aromatic N) is 1. The molecule has 254 valence electrons. The van der Waals surface area contributed by atoms with E-state index >= 15 is 0 Å². The van der Waals surface area contributed by atoms with Crippen molar-refractivity contribution in [3.8, 4) is 44.5 Å². The molecule has 0 atom stereocenters. The second-order valence-electron chi connectivity index (χ2n) is 15.7. The first-order valence-electron chi connectivity index (χ1n) is 18.8. The molecule has 1 heteroatoms. The minimum absolute atomic E-state index is 0.116. The highest BCUT2D eigenvalue weighted by Crippen LogP contribution is 2.54. The van der Waals surface area contributed by atoms with Crippen LogP contribution in [0.15, 0.2) is 176 Å². The van der Waals surface area contributed by atoms with E-state index in [2.05, 4.69) is 209 Å². The molecule has 0 saturated heterocycles. The summed E-state index contributed by atoms with van der Waals surface area (Å²) >= 11 is 0. The van der Waals surface area contributed by atoms with Crippen LogP contribution in [-0.4, -0.2) is 0 Å². The van der Waals surface area contributed by atoms with Crippen molar-refractivity contribution < 1.29 is 0 Å². The highest BCUT2D eigenvalue weighted by molar-refractivity contribution is 6.09. The van der Waals surface area contributed by atoms with E-state index in [-0.39, 0.29) is 10.8 Å². The second kappa shape index (κ2) is 11.7. The average Bonchev–Trinajstić information content (AvgIpc) is 3.57. The van der Waals surface area contributed by atoms with E-state index in [1.165, 1.54) is 77.5 Å². The molecule has 1 nitrogen and oxygen atoms in total. The van der Waals surface area contributed by atoms with Gasteiger partial charge in [0, 0.05) is 27.8 Å².